The first-order valence-corrected chi connectivity index (χ1v) is 9.29. The minimum atomic E-state index is -0.0987. The van der Waals surface area contributed by atoms with Crippen LogP contribution in [0.4, 0.5) is 0 Å². The van der Waals surface area contributed by atoms with Crippen LogP contribution in [0.3, 0.4) is 0 Å². The number of nitrogens with zero attached hydrogens (tertiary/aromatic N) is 1. The second kappa shape index (κ2) is 7.93. The van der Waals surface area contributed by atoms with E-state index in [1.807, 2.05) is 37.3 Å². The van der Waals surface area contributed by atoms with E-state index < -0.39 is 0 Å². The van der Waals surface area contributed by atoms with Gasteiger partial charge in [-0.1, -0.05) is 43.2 Å². The SMILES string of the molecule is C[C@@H](C(=O)NC1CCCC1)N1CCC(C(=O)c2ccccc2)CC1. The van der Waals surface area contributed by atoms with Gasteiger partial charge < -0.3 is 5.32 Å². The van der Waals surface area contributed by atoms with Crippen molar-refractivity contribution in [3.8, 4) is 0 Å². The van der Waals surface area contributed by atoms with Gasteiger partial charge in [0.15, 0.2) is 5.78 Å². The van der Waals surface area contributed by atoms with Crippen molar-refractivity contribution in [3.63, 3.8) is 0 Å². The van der Waals surface area contributed by atoms with Crippen LogP contribution in [-0.4, -0.2) is 41.8 Å². The molecule has 1 heterocycles. The zero-order chi connectivity index (χ0) is 16.9. The third-order valence-electron chi connectivity index (χ3n) is 5.59. The fourth-order valence-corrected chi connectivity index (χ4v) is 3.94. The molecule has 1 aliphatic heterocycles. The quantitative estimate of drug-likeness (QED) is 0.845. The fourth-order valence-electron chi connectivity index (χ4n) is 3.94. The van der Waals surface area contributed by atoms with E-state index in [1.54, 1.807) is 0 Å². The molecule has 130 valence electrons. The molecule has 0 spiro atoms. The predicted molar refractivity (Wildman–Crippen MR) is 94.9 cm³/mol. The van der Waals surface area contributed by atoms with Crippen LogP contribution in [0.2, 0.25) is 0 Å². The van der Waals surface area contributed by atoms with E-state index in [1.165, 1.54) is 12.8 Å². The summed E-state index contributed by atoms with van der Waals surface area (Å²) >= 11 is 0. The number of carbonyl (C=O) groups excluding carboxylic acids is 2. The van der Waals surface area contributed by atoms with E-state index in [4.69, 9.17) is 0 Å². The number of hydrogen-bond donors (Lipinski definition) is 1. The molecule has 1 aromatic carbocycles. The number of nitrogens with one attached hydrogen (secondary N) is 1. The van der Waals surface area contributed by atoms with Gasteiger partial charge in [-0.25, -0.2) is 0 Å². The van der Waals surface area contributed by atoms with Crippen molar-refractivity contribution >= 4 is 11.7 Å². The molecule has 4 nitrogen and oxygen atoms in total. The summed E-state index contributed by atoms with van der Waals surface area (Å²) in [7, 11) is 0. The van der Waals surface area contributed by atoms with Gasteiger partial charge in [-0.15, -0.1) is 0 Å². The first kappa shape index (κ1) is 17.2. The smallest absolute Gasteiger partial charge is 0.237 e. The summed E-state index contributed by atoms with van der Waals surface area (Å²) < 4.78 is 0. The highest BCUT2D eigenvalue weighted by Gasteiger charge is 2.31. The van der Waals surface area contributed by atoms with Gasteiger partial charge >= 0.3 is 0 Å². The summed E-state index contributed by atoms with van der Waals surface area (Å²) in [5, 5.41) is 3.19. The average Bonchev–Trinajstić information content (AvgIpc) is 3.14. The second-order valence-electron chi connectivity index (χ2n) is 7.21. The van der Waals surface area contributed by atoms with Gasteiger partial charge in [-0.05, 0) is 45.7 Å². The number of rotatable bonds is 5. The monoisotopic (exact) mass is 328 g/mol. The highest BCUT2D eigenvalue weighted by molar-refractivity contribution is 5.97. The Hall–Kier alpha value is -1.68. The summed E-state index contributed by atoms with van der Waals surface area (Å²) in [6.45, 7) is 3.63. The number of hydrogen-bond acceptors (Lipinski definition) is 3. The molecule has 1 N–H and O–H groups in total. The first-order valence-electron chi connectivity index (χ1n) is 9.29. The highest BCUT2D eigenvalue weighted by atomic mass is 16.2. The van der Waals surface area contributed by atoms with Gasteiger partial charge in [0.25, 0.3) is 0 Å². The van der Waals surface area contributed by atoms with E-state index in [9.17, 15) is 9.59 Å². The van der Waals surface area contributed by atoms with Crippen LogP contribution in [0, 0.1) is 5.92 Å². The molecule has 1 aliphatic carbocycles. The molecule has 4 heteroatoms. The summed E-state index contributed by atoms with van der Waals surface area (Å²) in [5.74, 6) is 0.488. The van der Waals surface area contributed by atoms with Crippen molar-refractivity contribution in [1.29, 1.82) is 0 Å². The zero-order valence-corrected chi connectivity index (χ0v) is 14.5. The van der Waals surface area contributed by atoms with Crippen molar-refractivity contribution in [2.24, 2.45) is 5.92 Å². The predicted octanol–water partition coefficient (Wildman–Crippen LogP) is 3.03. The van der Waals surface area contributed by atoms with Crippen LogP contribution in [0.25, 0.3) is 0 Å². The number of piperidine rings is 1. The lowest BCUT2D eigenvalue weighted by Gasteiger charge is -2.35. The van der Waals surface area contributed by atoms with Gasteiger partial charge in [0, 0.05) is 17.5 Å². The van der Waals surface area contributed by atoms with E-state index >= 15 is 0 Å². The zero-order valence-electron chi connectivity index (χ0n) is 14.5. The van der Waals surface area contributed by atoms with Gasteiger partial charge in [-0.2, -0.15) is 0 Å². The molecule has 3 rings (SSSR count). The minimum absolute atomic E-state index is 0.0914. The standard InChI is InChI=1S/C20H28N2O2/c1-15(20(24)21-18-9-5-6-10-18)22-13-11-17(12-14-22)19(23)16-7-3-2-4-8-16/h2-4,7-8,15,17-18H,5-6,9-14H2,1H3,(H,21,24)/t15-/m0/s1. The Morgan fingerprint density at radius 1 is 1.04 bits per heavy atom. The van der Waals surface area contributed by atoms with Crippen LogP contribution in [-0.2, 0) is 4.79 Å². The van der Waals surface area contributed by atoms with Gasteiger partial charge in [-0.3, -0.25) is 14.5 Å². The average molecular weight is 328 g/mol. The van der Waals surface area contributed by atoms with Crippen molar-refractivity contribution in [1.82, 2.24) is 10.2 Å². The Balaban J connectivity index is 1.49. The van der Waals surface area contributed by atoms with Crippen LogP contribution >= 0.6 is 0 Å². The Bertz CT molecular complexity index is 558. The largest absolute Gasteiger partial charge is 0.352 e. The number of carbonyl (C=O) groups is 2. The van der Waals surface area contributed by atoms with Crippen LogP contribution in [0.5, 0.6) is 0 Å². The molecule has 1 saturated heterocycles. The van der Waals surface area contributed by atoms with Crippen molar-refractivity contribution in [2.45, 2.75) is 57.5 Å². The Morgan fingerprint density at radius 3 is 2.29 bits per heavy atom. The van der Waals surface area contributed by atoms with Gasteiger partial charge in [0.05, 0.1) is 6.04 Å². The van der Waals surface area contributed by atoms with Crippen molar-refractivity contribution in [3.05, 3.63) is 35.9 Å². The van der Waals surface area contributed by atoms with E-state index in [2.05, 4.69) is 10.2 Å². The maximum atomic E-state index is 12.5. The number of benzene rings is 1. The Morgan fingerprint density at radius 2 is 1.67 bits per heavy atom. The molecule has 1 amide bonds. The van der Waals surface area contributed by atoms with Crippen LogP contribution in [0.15, 0.2) is 30.3 Å². The number of likely N-dealkylation sites (tertiary alicyclic amines) is 1. The third-order valence-corrected chi connectivity index (χ3v) is 5.59. The third kappa shape index (κ3) is 4.04. The maximum Gasteiger partial charge on any atom is 0.237 e. The Kier molecular flexibility index (Phi) is 5.67. The molecule has 0 aromatic heterocycles. The number of Topliss-reactive ketones (excluding diaryl/α,β-unsaturated/α-hetero) is 1. The molecule has 0 radical (unpaired) electrons. The second-order valence-corrected chi connectivity index (χ2v) is 7.21. The van der Waals surface area contributed by atoms with Crippen molar-refractivity contribution in [2.75, 3.05) is 13.1 Å². The first-order chi connectivity index (χ1) is 11.6. The lowest BCUT2D eigenvalue weighted by atomic mass is 9.88. The normalized spacial score (nSPS) is 21.5. The molecule has 1 atom stereocenters. The van der Waals surface area contributed by atoms with Gasteiger partial charge in [0.2, 0.25) is 5.91 Å². The lowest BCUT2D eigenvalue weighted by molar-refractivity contribution is -0.127. The lowest BCUT2D eigenvalue weighted by Crippen LogP contribution is -2.50. The van der Waals surface area contributed by atoms with Crippen LogP contribution < -0.4 is 5.32 Å². The molecule has 2 fully saturated rings. The van der Waals surface area contributed by atoms with Gasteiger partial charge in [0.1, 0.15) is 0 Å². The number of amides is 1. The molecular weight excluding hydrogens is 300 g/mol. The topological polar surface area (TPSA) is 49.4 Å². The molecule has 1 aromatic rings. The maximum absolute atomic E-state index is 12.5. The number of ketones is 1. The highest BCUT2D eigenvalue weighted by Crippen LogP contribution is 2.23. The molecular formula is C20H28N2O2. The molecule has 24 heavy (non-hydrogen) atoms. The molecule has 2 aliphatic rings. The molecule has 0 unspecified atom stereocenters. The van der Waals surface area contributed by atoms with E-state index in [0.717, 1.165) is 44.3 Å². The summed E-state index contributed by atoms with van der Waals surface area (Å²) in [6, 6.07) is 9.83. The summed E-state index contributed by atoms with van der Waals surface area (Å²) in [5.41, 5.74) is 0.808. The molecule has 1 saturated carbocycles. The fraction of sp³-hybridized carbons (Fsp3) is 0.600. The van der Waals surface area contributed by atoms with Crippen molar-refractivity contribution < 1.29 is 9.59 Å². The van der Waals surface area contributed by atoms with Crippen LogP contribution in [0.1, 0.15) is 55.8 Å². The van der Waals surface area contributed by atoms with E-state index in [-0.39, 0.29) is 23.7 Å². The summed E-state index contributed by atoms with van der Waals surface area (Å²) in [4.78, 5) is 27.2. The summed E-state index contributed by atoms with van der Waals surface area (Å²) in [6.07, 6.45) is 6.38. The minimum Gasteiger partial charge on any atom is -0.352 e. The molecule has 0 bridgehead atoms. The Labute approximate surface area is 144 Å². The van der Waals surface area contributed by atoms with E-state index in [0.29, 0.717) is 6.04 Å².